The molecular formula is C13H25NO2. The van der Waals surface area contributed by atoms with Crippen molar-refractivity contribution < 1.29 is 9.90 Å². The maximum atomic E-state index is 10.5. The maximum Gasteiger partial charge on any atom is 0.304 e. The highest BCUT2D eigenvalue weighted by Gasteiger charge is 2.23. The number of carboxylic acids is 1. The van der Waals surface area contributed by atoms with Crippen LogP contribution in [-0.2, 0) is 4.79 Å². The summed E-state index contributed by atoms with van der Waals surface area (Å²) in [6.45, 7) is 2.95. The van der Waals surface area contributed by atoms with Crippen LogP contribution < -0.4 is 0 Å². The average Bonchev–Trinajstić information content (AvgIpc) is 2.27. The molecule has 0 aromatic heterocycles. The summed E-state index contributed by atoms with van der Waals surface area (Å²) in [5.41, 5.74) is 0. The Hall–Kier alpha value is -0.570. The fourth-order valence-electron chi connectivity index (χ4n) is 2.74. The zero-order valence-corrected chi connectivity index (χ0v) is 10.6. The first kappa shape index (κ1) is 13.5. The number of nitrogens with zero attached hydrogens (tertiary/aromatic N) is 1. The molecule has 1 aliphatic rings. The third-order valence-corrected chi connectivity index (χ3v) is 3.81. The monoisotopic (exact) mass is 227 g/mol. The second-order valence-corrected chi connectivity index (χ2v) is 5.09. The lowest BCUT2D eigenvalue weighted by Gasteiger charge is -2.34. The highest BCUT2D eigenvalue weighted by Crippen LogP contribution is 2.29. The summed E-state index contributed by atoms with van der Waals surface area (Å²) in [7, 11) is 2.06. The third kappa shape index (κ3) is 4.52. The molecule has 3 heteroatoms. The fourth-order valence-corrected chi connectivity index (χ4v) is 2.74. The predicted molar refractivity (Wildman–Crippen MR) is 65.5 cm³/mol. The van der Waals surface area contributed by atoms with E-state index in [-0.39, 0.29) is 6.42 Å². The number of carbonyl (C=O) groups is 1. The van der Waals surface area contributed by atoms with Crippen molar-refractivity contribution in [2.75, 3.05) is 13.6 Å². The highest BCUT2D eigenvalue weighted by molar-refractivity contribution is 5.66. The van der Waals surface area contributed by atoms with Gasteiger partial charge in [-0.25, -0.2) is 0 Å². The molecule has 0 amide bonds. The van der Waals surface area contributed by atoms with Crippen molar-refractivity contribution in [1.29, 1.82) is 0 Å². The van der Waals surface area contributed by atoms with Gasteiger partial charge in [0.05, 0.1) is 6.42 Å². The lowest BCUT2D eigenvalue weighted by atomic mass is 9.83. The summed E-state index contributed by atoms with van der Waals surface area (Å²) < 4.78 is 0. The normalized spacial score (nSPS) is 25.9. The molecule has 0 radical (unpaired) electrons. The second kappa shape index (κ2) is 6.89. The molecule has 0 aromatic rings. The predicted octanol–water partition coefficient (Wildman–Crippen LogP) is 2.75. The molecule has 1 rings (SSSR count). The van der Waals surface area contributed by atoms with Gasteiger partial charge in [-0.2, -0.15) is 0 Å². The van der Waals surface area contributed by atoms with Crippen LogP contribution in [0.15, 0.2) is 0 Å². The van der Waals surface area contributed by atoms with Crippen LogP contribution >= 0.6 is 0 Å². The smallest absolute Gasteiger partial charge is 0.304 e. The number of hydrogen-bond acceptors (Lipinski definition) is 2. The Bertz CT molecular complexity index is 210. The molecule has 16 heavy (non-hydrogen) atoms. The van der Waals surface area contributed by atoms with Gasteiger partial charge < -0.3 is 10.0 Å². The van der Waals surface area contributed by atoms with Crippen LogP contribution in [0.25, 0.3) is 0 Å². The quantitative estimate of drug-likeness (QED) is 0.758. The molecular weight excluding hydrogens is 202 g/mol. The van der Waals surface area contributed by atoms with Gasteiger partial charge in [-0.05, 0) is 38.6 Å². The molecule has 0 aromatic carbocycles. The lowest BCUT2D eigenvalue weighted by Crippen LogP contribution is -2.36. The van der Waals surface area contributed by atoms with E-state index < -0.39 is 5.97 Å². The van der Waals surface area contributed by atoms with Crippen LogP contribution in [-0.4, -0.2) is 35.6 Å². The summed E-state index contributed by atoms with van der Waals surface area (Å²) >= 11 is 0. The number of carboxylic acid groups (broad SMARTS) is 1. The van der Waals surface area contributed by atoms with Gasteiger partial charge in [0, 0.05) is 12.6 Å². The minimum Gasteiger partial charge on any atom is -0.481 e. The summed E-state index contributed by atoms with van der Waals surface area (Å²) in [5.74, 6) is 0.237. The minimum atomic E-state index is -0.688. The molecule has 1 fully saturated rings. The first-order valence-corrected chi connectivity index (χ1v) is 6.55. The molecule has 1 N–H and O–H groups in total. The molecule has 0 bridgehead atoms. The number of rotatable bonds is 6. The van der Waals surface area contributed by atoms with Gasteiger partial charge in [-0.1, -0.05) is 19.8 Å². The standard InChI is InChI=1S/C13H25NO2/c1-3-4-11-5-7-12(8-6-11)14(2)10-9-13(15)16/h11-12H,3-10H2,1-2H3,(H,15,16). The van der Waals surface area contributed by atoms with E-state index in [0.717, 1.165) is 5.92 Å². The van der Waals surface area contributed by atoms with E-state index in [0.29, 0.717) is 12.6 Å². The molecule has 1 aliphatic carbocycles. The second-order valence-electron chi connectivity index (χ2n) is 5.09. The highest BCUT2D eigenvalue weighted by atomic mass is 16.4. The molecule has 0 atom stereocenters. The van der Waals surface area contributed by atoms with E-state index in [9.17, 15) is 4.79 Å². The molecule has 0 aliphatic heterocycles. The van der Waals surface area contributed by atoms with Crippen LogP contribution in [0.3, 0.4) is 0 Å². The molecule has 1 saturated carbocycles. The molecule has 0 unspecified atom stereocenters. The van der Waals surface area contributed by atoms with Crippen LogP contribution in [0.1, 0.15) is 51.9 Å². The Labute approximate surface area is 98.8 Å². The van der Waals surface area contributed by atoms with Crippen molar-refractivity contribution in [1.82, 2.24) is 4.90 Å². The van der Waals surface area contributed by atoms with Gasteiger partial charge in [0.2, 0.25) is 0 Å². The van der Waals surface area contributed by atoms with E-state index >= 15 is 0 Å². The zero-order chi connectivity index (χ0) is 12.0. The van der Waals surface area contributed by atoms with E-state index in [1.165, 1.54) is 38.5 Å². The summed E-state index contributed by atoms with van der Waals surface area (Å²) in [6.07, 6.45) is 8.09. The largest absolute Gasteiger partial charge is 0.481 e. The number of aliphatic carboxylic acids is 1. The van der Waals surface area contributed by atoms with E-state index in [1.807, 2.05) is 0 Å². The summed E-state index contributed by atoms with van der Waals surface area (Å²) in [6, 6.07) is 0.618. The summed E-state index contributed by atoms with van der Waals surface area (Å²) in [4.78, 5) is 12.7. The van der Waals surface area contributed by atoms with E-state index in [1.54, 1.807) is 0 Å². The molecule has 0 spiro atoms. The van der Waals surface area contributed by atoms with Crippen molar-refractivity contribution >= 4 is 5.97 Å². The third-order valence-electron chi connectivity index (χ3n) is 3.81. The Balaban J connectivity index is 2.21. The average molecular weight is 227 g/mol. The van der Waals surface area contributed by atoms with Crippen molar-refractivity contribution in [3.05, 3.63) is 0 Å². The SMILES string of the molecule is CCCC1CCC(N(C)CCC(=O)O)CC1. The Kier molecular flexibility index (Phi) is 5.81. The molecule has 3 nitrogen and oxygen atoms in total. The van der Waals surface area contributed by atoms with Gasteiger partial charge in [0.1, 0.15) is 0 Å². The number of hydrogen-bond donors (Lipinski definition) is 1. The molecule has 94 valence electrons. The van der Waals surface area contributed by atoms with Crippen LogP contribution in [0.4, 0.5) is 0 Å². The topological polar surface area (TPSA) is 40.5 Å². The van der Waals surface area contributed by atoms with Crippen molar-refractivity contribution in [2.24, 2.45) is 5.92 Å². The van der Waals surface area contributed by atoms with Gasteiger partial charge in [-0.3, -0.25) is 4.79 Å². The van der Waals surface area contributed by atoms with Crippen LogP contribution in [0.2, 0.25) is 0 Å². The summed E-state index contributed by atoms with van der Waals surface area (Å²) in [5, 5.41) is 8.65. The van der Waals surface area contributed by atoms with Crippen LogP contribution in [0, 0.1) is 5.92 Å². The fraction of sp³-hybridized carbons (Fsp3) is 0.923. The zero-order valence-electron chi connectivity index (χ0n) is 10.6. The van der Waals surface area contributed by atoms with Gasteiger partial charge in [0.15, 0.2) is 0 Å². The van der Waals surface area contributed by atoms with Gasteiger partial charge in [0.25, 0.3) is 0 Å². The van der Waals surface area contributed by atoms with Crippen molar-refractivity contribution in [2.45, 2.75) is 57.9 Å². The lowest BCUT2D eigenvalue weighted by molar-refractivity contribution is -0.137. The maximum absolute atomic E-state index is 10.5. The van der Waals surface area contributed by atoms with E-state index in [2.05, 4.69) is 18.9 Å². The Morgan fingerprint density at radius 2 is 1.94 bits per heavy atom. The Morgan fingerprint density at radius 1 is 1.31 bits per heavy atom. The Morgan fingerprint density at radius 3 is 2.44 bits per heavy atom. The van der Waals surface area contributed by atoms with Gasteiger partial charge >= 0.3 is 5.97 Å². The molecule has 0 saturated heterocycles. The first-order valence-electron chi connectivity index (χ1n) is 6.55. The van der Waals surface area contributed by atoms with Crippen molar-refractivity contribution in [3.8, 4) is 0 Å². The minimum absolute atomic E-state index is 0.269. The van der Waals surface area contributed by atoms with Gasteiger partial charge in [-0.15, -0.1) is 0 Å². The van der Waals surface area contributed by atoms with Crippen LogP contribution in [0.5, 0.6) is 0 Å². The van der Waals surface area contributed by atoms with E-state index in [4.69, 9.17) is 5.11 Å². The first-order chi connectivity index (χ1) is 7.63. The molecule has 0 heterocycles. The van der Waals surface area contributed by atoms with Crippen molar-refractivity contribution in [3.63, 3.8) is 0 Å².